The minimum atomic E-state index is -0.147. The van der Waals surface area contributed by atoms with E-state index in [-0.39, 0.29) is 12.5 Å². The normalized spacial score (nSPS) is 10.1. The number of methoxy groups -OCH3 is 1. The summed E-state index contributed by atoms with van der Waals surface area (Å²) in [5.41, 5.74) is 1.08. The highest BCUT2D eigenvalue weighted by Gasteiger charge is 2.08. The Kier molecular flexibility index (Phi) is 7.92. The summed E-state index contributed by atoms with van der Waals surface area (Å²) in [7, 11) is 1.58. The molecule has 1 N–H and O–H groups in total. The van der Waals surface area contributed by atoms with Crippen molar-refractivity contribution in [2.75, 3.05) is 26.0 Å². The molecule has 2 aromatic carbocycles. The number of amides is 1. The summed E-state index contributed by atoms with van der Waals surface area (Å²) in [4.78, 5) is 13.1. The second-order valence-corrected chi connectivity index (χ2v) is 6.45. The molecule has 0 unspecified atom stereocenters. The minimum Gasteiger partial charge on any atom is -0.493 e. The van der Waals surface area contributed by atoms with E-state index in [0.717, 1.165) is 17.7 Å². The van der Waals surface area contributed by atoms with Crippen LogP contribution in [0.5, 0.6) is 11.5 Å². The van der Waals surface area contributed by atoms with Crippen LogP contribution in [-0.4, -0.2) is 31.9 Å². The van der Waals surface area contributed by atoms with Gasteiger partial charge in [0.1, 0.15) is 0 Å². The van der Waals surface area contributed by atoms with Crippen molar-refractivity contribution in [3.05, 3.63) is 66.7 Å². The number of carbonyl (C=O) groups excluding carboxylic acids is 1. The van der Waals surface area contributed by atoms with Gasteiger partial charge in [-0.1, -0.05) is 30.3 Å². The smallest absolute Gasteiger partial charge is 0.257 e. The lowest BCUT2D eigenvalue weighted by atomic mass is 10.1. The third-order valence-electron chi connectivity index (χ3n) is 3.40. The first-order valence-electron chi connectivity index (χ1n) is 8.08. The van der Waals surface area contributed by atoms with Gasteiger partial charge < -0.3 is 14.8 Å². The summed E-state index contributed by atoms with van der Waals surface area (Å²) in [6.45, 7) is 4.28. The van der Waals surface area contributed by atoms with E-state index in [2.05, 4.69) is 24.0 Å². The van der Waals surface area contributed by atoms with Gasteiger partial charge in [-0.2, -0.15) is 0 Å². The molecular formula is C20H23NO3S. The lowest BCUT2D eigenvalue weighted by Gasteiger charge is -2.12. The zero-order valence-electron chi connectivity index (χ0n) is 14.4. The van der Waals surface area contributed by atoms with Gasteiger partial charge >= 0.3 is 0 Å². The van der Waals surface area contributed by atoms with Gasteiger partial charge in [0.15, 0.2) is 18.1 Å². The van der Waals surface area contributed by atoms with Gasteiger partial charge in [0, 0.05) is 17.2 Å². The van der Waals surface area contributed by atoms with Crippen LogP contribution in [0.1, 0.15) is 5.56 Å². The molecule has 0 saturated heterocycles. The summed E-state index contributed by atoms with van der Waals surface area (Å²) >= 11 is 1.71. The van der Waals surface area contributed by atoms with Gasteiger partial charge in [-0.3, -0.25) is 4.79 Å². The van der Waals surface area contributed by atoms with Crippen molar-refractivity contribution >= 4 is 17.7 Å². The predicted octanol–water partition coefficient (Wildman–Crippen LogP) is 3.71. The van der Waals surface area contributed by atoms with E-state index in [1.54, 1.807) is 18.9 Å². The molecular weight excluding hydrogens is 334 g/mol. The number of allylic oxidation sites excluding steroid dienone is 1. The number of thioether (sulfide) groups is 1. The molecule has 2 rings (SSSR count). The molecule has 5 heteroatoms. The van der Waals surface area contributed by atoms with Gasteiger partial charge in [0.25, 0.3) is 5.91 Å². The molecule has 0 spiro atoms. The summed E-state index contributed by atoms with van der Waals surface area (Å²) in [5.74, 6) is 1.84. The Labute approximate surface area is 153 Å². The van der Waals surface area contributed by atoms with Gasteiger partial charge in [0.05, 0.1) is 7.11 Å². The van der Waals surface area contributed by atoms with E-state index in [1.165, 1.54) is 4.90 Å². The Morgan fingerprint density at radius 3 is 2.72 bits per heavy atom. The zero-order chi connectivity index (χ0) is 17.9. The van der Waals surface area contributed by atoms with Crippen LogP contribution in [0, 0.1) is 0 Å². The first-order valence-corrected chi connectivity index (χ1v) is 9.06. The summed E-state index contributed by atoms with van der Waals surface area (Å²) in [6, 6.07) is 15.7. The summed E-state index contributed by atoms with van der Waals surface area (Å²) in [5, 5.41) is 2.85. The Morgan fingerprint density at radius 1 is 1.20 bits per heavy atom. The van der Waals surface area contributed by atoms with Crippen molar-refractivity contribution in [3.8, 4) is 11.5 Å². The van der Waals surface area contributed by atoms with Gasteiger partial charge in [0.2, 0.25) is 0 Å². The van der Waals surface area contributed by atoms with E-state index < -0.39 is 0 Å². The van der Waals surface area contributed by atoms with Crippen LogP contribution in [0.2, 0.25) is 0 Å². The van der Waals surface area contributed by atoms with E-state index >= 15 is 0 Å². The average Bonchev–Trinajstić information content (AvgIpc) is 2.65. The molecule has 0 aliphatic heterocycles. The highest BCUT2D eigenvalue weighted by atomic mass is 32.2. The molecule has 0 heterocycles. The van der Waals surface area contributed by atoms with Crippen molar-refractivity contribution in [1.82, 2.24) is 5.32 Å². The van der Waals surface area contributed by atoms with Crippen molar-refractivity contribution < 1.29 is 14.3 Å². The second kappa shape index (κ2) is 10.5. The van der Waals surface area contributed by atoms with Crippen LogP contribution in [0.15, 0.2) is 66.1 Å². The number of hydrogen-bond donors (Lipinski definition) is 1. The molecule has 0 atom stereocenters. The molecule has 0 aromatic heterocycles. The molecule has 4 nitrogen and oxygen atoms in total. The fourth-order valence-corrected chi connectivity index (χ4v) is 2.98. The van der Waals surface area contributed by atoms with Crippen LogP contribution in [0.4, 0.5) is 0 Å². The third-order valence-corrected chi connectivity index (χ3v) is 4.42. The molecule has 0 aliphatic rings. The maximum absolute atomic E-state index is 11.9. The fraction of sp³-hybridized carbons (Fsp3) is 0.250. The van der Waals surface area contributed by atoms with Crippen molar-refractivity contribution in [3.63, 3.8) is 0 Å². The molecule has 2 aromatic rings. The van der Waals surface area contributed by atoms with Crippen molar-refractivity contribution in [2.45, 2.75) is 11.3 Å². The second-order valence-electron chi connectivity index (χ2n) is 5.28. The molecule has 0 aliphatic carbocycles. The number of nitrogens with one attached hydrogen (secondary N) is 1. The standard InChI is InChI=1S/C20H23NO3S/c1-3-7-16-10-11-18(19(14-16)23-2)24-15-20(22)21-12-13-25-17-8-5-4-6-9-17/h3-6,8-11,14H,1,7,12-13,15H2,2H3,(H,21,22). The largest absolute Gasteiger partial charge is 0.493 e. The van der Waals surface area contributed by atoms with Crippen molar-refractivity contribution in [1.29, 1.82) is 0 Å². The number of ether oxygens (including phenoxy) is 2. The molecule has 0 bridgehead atoms. The maximum Gasteiger partial charge on any atom is 0.257 e. The molecule has 0 fully saturated rings. The van der Waals surface area contributed by atoms with Crippen LogP contribution in [0.25, 0.3) is 0 Å². The fourth-order valence-electron chi connectivity index (χ4n) is 2.20. The lowest BCUT2D eigenvalue weighted by molar-refractivity contribution is -0.122. The number of carbonyl (C=O) groups is 1. The minimum absolute atomic E-state index is 0.0346. The van der Waals surface area contributed by atoms with Gasteiger partial charge in [-0.15, -0.1) is 18.3 Å². The first kappa shape index (κ1) is 18.9. The Hall–Kier alpha value is -2.40. The van der Waals surface area contributed by atoms with Gasteiger partial charge in [-0.05, 0) is 36.2 Å². The lowest BCUT2D eigenvalue weighted by Crippen LogP contribution is -2.30. The zero-order valence-corrected chi connectivity index (χ0v) is 15.2. The van der Waals surface area contributed by atoms with Gasteiger partial charge in [-0.25, -0.2) is 0 Å². The molecule has 1 amide bonds. The molecule has 25 heavy (non-hydrogen) atoms. The summed E-state index contributed by atoms with van der Waals surface area (Å²) < 4.78 is 10.9. The monoisotopic (exact) mass is 357 g/mol. The topological polar surface area (TPSA) is 47.6 Å². The van der Waals surface area contributed by atoms with Crippen LogP contribution >= 0.6 is 11.8 Å². The van der Waals surface area contributed by atoms with Crippen LogP contribution in [0.3, 0.4) is 0 Å². The average molecular weight is 357 g/mol. The molecule has 132 valence electrons. The third kappa shape index (κ3) is 6.55. The SMILES string of the molecule is C=CCc1ccc(OCC(=O)NCCSc2ccccc2)c(OC)c1. The number of rotatable bonds is 10. The van der Waals surface area contributed by atoms with E-state index in [4.69, 9.17) is 9.47 Å². The van der Waals surface area contributed by atoms with Crippen molar-refractivity contribution in [2.24, 2.45) is 0 Å². The Morgan fingerprint density at radius 2 is 2.00 bits per heavy atom. The highest BCUT2D eigenvalue weighted by Crippen LogP contribution is 2.28. The quantitative estimate of drug-likeness (QED) is 0.400. The van der Waals surface area contributed by atoms with E-state index in [1.807, 2.05) is 42.5 Å². The predicted molar refractivity (Wildman–Crippen MR) is 103 cm³/mol. The number of hydrogen-bond acceptors (Lipinski definition) is 4. The van der Waals surface area contributed by atoms with Crippen LogP contribution < -0.4 is 14.8 Å². The van der Waals surface area contributed by atoms with Crippen LogP contribution in [-0.2, 0) is 11.2 Å². The number of benzene rings is 2. The highest BCUT2D eigenvalue weighted by molar-refractivity contribution is 7.99. The molecule has 0 radical (unpaired) electrons. The van der Waals surface area contributed by atoms with E-state index in [9.17, 15) is 4.79 Å². The first-order chi connectivity index (χ1) is 12.2. The maximum atomic E-state index is 11.9. The van der Waals surface area contributed by atoms with E-state index in [0.29, 0.717) is 18.0 Å². The molecule has 0 saturated carbocycles. The Balaban J connectivity index is 1.73. The Bertz CT molecular complexity index is 689. The summed E-state index contributed by atoms with van der Waals surface area (Å²) in [6.07, 6.45) is 2.59.